The molecule has 0 unspecified atom stereocenters. The van der Waals surface area contributed by atoms with Gasteiger partial charge in [-0.1, -0.05) is 46.4 Å². The summed E-state index contributed by atoms with van der Waals surface area (Å²) in [6.07, 6.45) is 0.809. The van der Waals surface area contributed by atoms with Gasteiger partial charge in [-0.3, -0.25) is 0 Å². The molecule has 0 fully saturated rings. The molecule has 2 heteroatoms. The molecule has 0 aliphatic rings. The Labute approximate surface area is 104 Å². The van der Waals surface area contributed by atoms with E-state index in [9.17, 15) is 4.39 Å². The third kappa shape index (κ3) is 3.88. The van der Waals surface area contributed by atoms with Crippen LogP contribution in [0.4, 0.5) is 4.39 Å². The van der Waals surface area contributed by atoms with Gasteiger partial charge in [-0.2, -0.15) is 0 Å². The molecule has 0 radical (unpaired) electrons. The summed E-state index contributed by atoms with van der Waals surface area (Å²) in [4.78, 5) is 0. The van der Waals surface area contributed by atoms with Crippen molar-refractivity contribution < 1.29 is 4.39 Å². The Morgan fingerprint density at radius 3 is 2.53 bits per heavy atom. The van der Waals surface area contributed by atoms with E-state index in [4.69, 9.17) is 0 Å². The van der Waals surface area contributed by atoms with Crippen LogP contribution in [0.25, 0.3) is 5.70 Å². The zero-order valence-corrected chi connectivity index (χ0v) is 11.2. The molecule has 1 N–H and O–H groups in total. The topological polar surface area (TPSA) is 12.0 Å². The lowest BCUT2D eigenvalue weighted by Crippen LogP contribution is -2.26. The van der Waals surface area contributed by atoms with Crippen molar-refractivity contribution in [1.29, 1.82) is 0 Å². The van der Waals surface area contributed by atoms with Gasteiger partial charge in [0.05, 0.1) is 0 Å². The first kappa shape index (κ1) is 13.8. The SMILES string of the molecule is C=C(NCC(C)(C)C)c1c(F)cccc1CC. The first-order valence-electron chi connectivity index (χ1n) is 6.05. The van der Waals surface area contributed by atoms with Crippen molar-refractivity contribution in [3.63, 3.8) is 0 Å². The fourth-order valence-corrected chi connectivity index (χ4v) is 1.66. The predicted molar refractivity (Wildman–Crippen MR) is 72.3 cm³/mol. The van der Waals surface area contributed by atoms with Crippen LogP contribution in [0.15, 0.2) is 24.8 Å². The highest BCUT2D eigenvalue weighted by Gasteiger charge is 2.14. The Balaban J connectivity index is 2.89. The average Bonchev–Trinajstić information content (AvgIpc) is 2.24. The fraction of sp³-hybridized carbons (Fsp3) is 0.467. The Hall–Kier alpha value is -1.31. The van der Waals surface area contributed by atoms with Gasteiger partial charge in [-0.05, 0) is 23.5 Å². The van der Waals surface area contributed by atoms with Gasteiger partial charge in [0.1, 0.15) is 5.82 Å². The maximum Gasteiger partial charge on any atom is 0.132 e. The molecular formula is C15H22FN. The molecule has 1 rings (SSSR count). The van der Waals surface area contributed by atoms with Gasteiger partial charge < -0.3 is 5.32 Å². The fourth-order valence-electron chi connectivity index (χ4n) is 1.66. The summed E-state index contributed by atoms with van der Waals surface area (Å²) >= 11 is 0. The summed E-state index contributed by atoms with van der Waals surface area (Å²) in [5.74, 6) is -0.198. The van der Waals surface area contributed by atoms with Crippen LogP contribution in [0.3, 0.4) is 0 Å². The second-order valence-electron chi connectivity index (χ2n) is 5.52. The van der Waals surface area contributed by atoms with E-state index in [1.165, 1.54) is 6.07 Å². The van der Waals surface area contributed by atoms with Crippen LogP contribution in [0.5, 0.6) is 0 Å². The monoisotopic (exact) mass is 235 g/mol. The molecule has 0 spiro atoms. The van der Waals surface area contributed by atoms with Crippen LogP contribution in [0.2, 0.25) is 0 Å². The molecule has 0 aliphatic carbocycles. The third-order valence-electron chi connectivity index (χ3n) is 2.61. The van der Waals surface area contributed by atoms with Crippen molar-refractivity contribution in [2.75, 3.05) is 6.54 Å². The Kier molecular flexibility index (Phi) is 4.33. The molecule has 1 aromatic rings. The van der Waals surface area contributed by atoms with E-state index in [2.05, 4.69) is 32.7 Å². The van der Waals surface area contributed by atoms with E-state index in [-0.39, 0.29) is 11.2 Å². The summed E-state index contributed by atoms with van der Waals surface area (Å²) < 4.78 is 13.8. The van der Waals surface area contributed by atoms with E-state index in [0.29, 0.717) is 11.3 Å². The van der Waals surface area contributed by atoms with Crippen LogP contribution >= 0.6 is 0 Å². The normalized spacial score (nSPS) is 11.4. The minimum Gasteiger partial charge on any atom is -0.384 e. The Bertz CT molecular complexity index is 402. The average molecular weight is 235 g/mol. The van der Waals surface area contributed by atoms with Crippen molar-refractivity contribution in [2.24, 2.45) is 5.41 Å². The molecular weight excluding hydrogens is 213 g/mol. The predicted octanol–water partition coefficient (Wildman–Crippen LogP) is 3.99. The maximum absolute atomic E-state index is 13.8. The Morgan fingerprint density at radius 1 is 1.35 bits per heavy atom. The summed E-state index contributed by atoms with van der Waals surface area (Å²) in [5.41, 5.74) is 2.45. The van der Waals surface area contributed by atoms with Crippen LogP contribution < -0.4 is 5.32 Å². The lowest BCUT2D eigenvalue weighted by atomic mass is 9.96. The van der Waals surface area contributed by atoms with Gasteiger partial charge in [0.25, 0.3) is 0 Å². The molecule has 0 aliphatic heterocycles. The van der Waals surface area contributed by atoms with Crippen LogP contribution in [-0.2, 0) is 6.42 Å². The van der Waals surface area contributed by atoms with Crippen LogP contribution in [-0.4, -0.2) is 6.54 Å². The van der Waals surface area contributed by atoms with E-state index in [0.717, 1.165) is 18.5 Å². The van der Waals surface area contributed by atoms with Gasteiger partial charge in [-0.15, -0.1) is 0 Å². The summed E-state index contributed by atoms with van der Waals surface area (Å²) in [7, 11) is 0. The number of rotatable bonds is 4. The first-order valence-corrected chi connectivity index (χ1v) is 6.05. The summed E-state index contributed by atoms with van der Waals surface area (Å²) in [5, 5.41) is 3.22. The second kappa shape index (κ2) is 5.35. The van der Waals surface area contributed by atoms with Crippen molar-refractivity contribution in [2.45, 2.75) is 34.1 Å². The number of halogens is 1. The number of hydrogen-bond donors (Lipinski definition) is 1. The minimum absolute atomic E-state index is 0.153. The van der Waals surface area contributed by atoms with Gasteiger partial charge in [-0.25, -0.2) is 4.39 Å². The lowest BCUT2D eigenvalue weighted by Gasteiger charge is -2.22. The van der Waals surface area contributed by atoms with E-state index < -0.39 is 0 Å². The Morgan fingerprint density at radius 2 is 2.00 bits per heavy atom. The quantitative estimate of drug-likeness (QED) is 0.832. The number of aryl methyl sites for hydroxylation is 1. The second-order valence-corrected chi connectivity index (χ2v) is 5.52. The molecule has 17 heavy (non-hydrogen) atoms. The molecule has 1 aromatic carbocycles. The number of nitrogens with one attached hydrogen (secondary N) is 1. The van der Waals surface area contributed by atoms with Gasteiger partial charge in [0.2, 0.25) is 0 Å². The highest BCUT2D eigenvalue weighted by atomic mass is 19.1. The molecule has 0 amide bonds. The minimum atomic E-state index is -0.198. The zero-order valence-electron chi connectivity index (χ0n) is 11.2. The molecule has 0 aromatic heterocycles. The first-order chi connectivity index (χ1) is 7.85. The van der Waals surface area contributed by atoms with Crippen molar-refractivity contribution in [1.82, 2.24) is 5.32 Å². The van der Waals surface area contributed by atoms with E-state index in [1.807, 2.05) is 13.0 Å². The molecule has 94 valence electrons. The lowest BCUT2D eigenvalue weighted by molar-refractivity contribution is 0.405. The van der Waals surface area contributed by atoms with Gasteiger partial charge >= 0.3 is 0 Å². The van der Waals surface area contributed by atoms with Crippen molar-refractivity contribution in [3.05, 3.63) is 41.7 Å². The van der Waals surface area contributed by atoms with Gasteiger partial charge in [0, 0.05) is 17.8 Å². The van der Waals surface area contributed by atoms with Gasteiger partial charge in [0.15, 0.2) is 0 Å². The van der Waals surface area contributed by atoms with Crippen molar-refractivity contribution >= 4 is 5.70 Å². The maximum atomic E-state index is 13.8. The van der Waals surface area contributed by atoms with Crippen molar-refractivity contribution in [3.8, 4) is 0 Å². The molecule has 1 nitrogen and oxygen atoms in total. The molecule has 0 saturated heterocycles. The largest absolute Gasteiger partial charge is 0.384 e. The number of hydrogen-bond acceptors (Lipinski definition) is 1. The summed E-state index contributed by atoms with van der Waals surface area (Å²) in [6.45, 7) is 13.2. The smallest absolute Gasteiger partial charge is 0.132 e. The zero-order chi connectivity index (χ0) is 13.1. The highest BCUT2D eigenvalue weighted by molar-refractivity contribution is 5.65. The van der Waals surface area contributed by atoms with Crippen LogP contribution in [0, 0.1) is 11.2 Å². The number of benzene rings is 1. The molecule has 0 bridgehead atoms. The molecule has 0 saturated carbocycles. The highest BCUT2D eigenvalue weighted by Crippen LogP contribution is 2.21. The van der Waals surface area contributed by atoms with Crippen LogP contribution in [0.1, 0.15) is 38.8 Å². The molecule has 0 atom stereocenters. The standard InChI is InChI=1S/C15H22FN/c1-6-12-8-7-9-13(16)14(12)11(2)17-10-15(3,4)5/h7-9,17H,2,6,10H2,1,3-5H3. The van der Waals surface area contributed by atoms with E-state index in [1.54, 1.807) is 6.07 Å². The third-order valence-corrected chi connectivity index (χ3v) is 2.61. The summed E-state index contributed by atoms with van der Waals surface area (Å²) in [6, 6.07) is 5.18. The molecule has 0 heterocycles. The van der Waals surface area contributed by atoms with E-state index >= 15 is 0 Å².